The van der Waals surface area contributed by atoms with E-state index >= 15 is 0 Å². The number of hydrogen-bond acceptors (Lipinski definition) is 5. The predicted molar refractivity (Wildman–Crippen MR) is 92.2 cm³/mol. The van der Waals surface area contributed by atoms with E-state index in [2.05, 4.69) is 13.8 Å². The number of carbonyl (C=O) groups is 2. The highest BCUT2D eigenvalue weighted by Crippen LogP contribution is 2.33. The largest absolute Gasteiger partial charge is 0.475 e. The highest BCUT2D eigenvalue weighted by Gasteiger charge is 2.40. The summed E-state index contributed by atoms with van der Waals surface area (Å²) in [6, 6.07) is 2.28. The maximum absolute atomic E-state index is 12.8. The van der Waals surface area contributed by atoms with Crippen LogP contribution in [-0.4, -0.2) is 59.8 Å². The van der Waals surface area contributed by atoms with Crippen molar-refractivity contribution >= 4 is 21.9 Å². The third-order valence-electron chi connectivity index (χ3n) is 5.36. The van der Waals surface area contributed by atoms with Crippen LogP contribution in [0.1, 0.15) is 50.1 Å². The first-order chi connectivity index (χ1) is 12.1. The third kappa shape index (κ3) is 3.37. The topological polar surface area (TPSA) is 108 Å². The van der Waals surface area contributed by atoms with Crippen molar-refractivity contribution in [2.75, 3.05) is 19.6 Å². The van der Waals surface area contributed by atoms with E-state index in [0.29, 0.717) is 12.8 Å². The molecular weight excluding hydrogens is 360 g/mol. The van der Waals surface area contributed by atoms with Crippen LogP contribution in [0.4, 0.5) is 0 Å². The molecule has 0 saturated carbocycles. The van der Waals surface area contributed by atoms with Crippen molar-refractivity contribution in [1.82, 2.24) is 9.21 Å². The number of carbonyl (C=O) groups excluding carboxylic acids is 1. The first-order valence-corrected chi connectivity index (χ1v) is 10.2. The fourth-order valence-electron chi connectivity index (χ4n) is 3.78. The molecule has 0 aliphatic carbocycles. The Bertz CT molecular complexity index is 805. The number of aromatic carboxylic acids is 1. The van der Waals surface area contributed by atoms with Gasteiger partial charge in [0, 0.05) is 31.1 Å². The maximum atomic E-state index is 12.8. The molecule has 1 aromatic heterocycles. The molecule has 1 aromatic rings. The number of amides is 1. The quantitative estimate of drug-likeness (QED) is 0.848. The summed E-state index contributed by atoms with van der Waals surface area (Å²) in [4.78, 5) is 25.6. The average Bonchev–Trinajstić information content (AvgIpc) is 3.21. The van der Waals surface area contributed by atoms with Gasteiger partial charge in [-0.25, -0.2) is 13.2 Å². The van der Waals surface area contributed by atoms with Crippen molar-refractivity contribution < 1.29 is 27.5 Å². The summed E-state index contributed by atoms with van der Waals surface area (Å²) in [5.74, 6) is -1.80. The molecule has 9 heteroatoms. The van der Waals surface area contributed by atoms with Gasteiger partial charge < -0.3 is 14.4 Å². The van der Waals surface area contributed by atoms with Crippen LogP contribution in [0.25, 0.3) is 0 Å². The fraction of sp³-hybridized carbons (Fsp3) is 0.647. The Labute approximate surface area is 152 Å². The molecule has 1 N–H and O–H groups in total. The molecule has 0 atom stereocenters. The number of nitrogens with zero attached hydrogens (tertiary/aromatic N) is 2. The van der Waals surface area contributed by atoms with Gasteiger partial charge >= 0.3 is 5.97 Å². The summed E-state index contributed by atoms with van der Waals surface area (Å²) >= 11 is 0. The van der Waals surface area contributed by atoms with Crippen LogP contribution in [-0.2, 0) is 14.8 Å². The molecule has 2 aliphatic heterocycles. The van der Waals surface area contributed by atoms with Crippen LogP contribution in [0.3, 0.4) is 0 Å². The first kappa shape index (κ1) is 18.9. The average molecular weight is 384 g/mol. The zero-order valence-electron chi connectivity index (χ0n) is 15.0. The Morgan fingerprint density at radius 1 is 1.19 bits per heavy atom. The molecule has 3 heterocycles. The molecule has 3 rings (SSSR count). The highest BCUT2D eigenvalue weighted by atomic mass is 32.2. The zero-order valence-corrected chi connectivity index (χ0v) is 15.8. The second-order valence-corrected chi connectivity index (χ2v) is 9.38. The number of piperidine rings is 1. The lowest BCUT2D eigenvalue weighted by Crippen LogP contribution is -2.48. The van der Waals surface area contributed by atoms with Gasteiger partial charge in [0.15, 0.2) is 0 Å². The molecule has 0 aromatic carbocycles. The molecule has 2 saturated heterocycles. The molecule has 2 aliphatic rings. The minimum absolute atomic E-state index is 0.107. The lowest BCUT2D eigenvalue weighted by Gasteiger charge is -2.37. The van der Waals surface area contributed by atoms with Crippen LogP contribution in [0.15, 0.2) is 21.6 Å². The summed E-state index contributed by atoms with van der Waals surface area (Å²) in [6.45, 7) is 5.32. The lowest BCUT2D eigenvalue weighted by molar-refractivity contribution is -0.140. The maximum Gasteiger partial charge on any atom is 0.371 e. The third-order valence-corrected chi connectivity index (χ3v) is 7.13. The van der Waals surface area contributed by atoms with Gasteiger partial charge in [-0.3, -0.25) is 4.79 Å². The van der Waals surface area contributed by atoms with Gasteiger partial charge in [-0.1, -0.05) is 0 Å². The number of rotatable bonds is 4. The molecule has 0 radical (unpaired) electrons. The second-order valence-electron chi connectivity index (χ2n) is 7.51. The summed E-state index contributed by atoms with van der Waals surface area (Å²) in [5.41, 5.74) is -0.137. The minimum atomic E-state index is -3.89. The zero-order chi connectivity index (χ0) is 19.1. The molecular formula is C17H24N2O6S. The van der Waals surface area contributed by atoms with E-state index in [4.69, 9.17) is 9.52 Å². The Balaban J connectivity index is 1.66. The van der Waals surface area contributed by atoms with Crippen molar-refractivity contribution in [3.05, 3.63) is 17.9 Å². The normalized spacial score (nSPS) is 21.8. The molecule has 0 unspecified atom stereocenters. The second kappa shape index (κ2) is 6.70. The van der Waals surface area contributed by atoms with Crippen LogP contribution in [0.2, 0.25) is 0 Å². The van der Waals surface area contributed by atoms with Crippen molar-refractivity contribution in [3.63, 3.8) is 0 Å². The number of hydrogen-bond donors (Lipinski definition) is 1. The lowest BCUT2D eigenvalue weighted by atomic mass is 9.94. The van der Waals surface area contributed by atoms with Crippen molar-refractivity contribution in [2.24, 2.45) is 5.92 Å². The fourth-order valence-corrected chi connectivity index (χ4v) is 5.16. The first-order valence-electron chi connectivity index (χ1n) is 8.78. The minimum Gasteiger partial charge on any atom is -0.475 e. The molecule has 2 fully saturated rings. The van der Waals surface area contributed by atoms with Gasteiger partial charge in [0.2, 0.25) is 16.8 Å². The SMILES string of the molecule is CC1(C)CCCN1C(=O)C1CCN(S(=O)(=O)c2ccc(C(=O)O)o2)CC1. The number of carboxylic acids is 1. The number of furan rings is 1. The van der Waals surface area contributed by atoms with E-state index in [0.717, 1.165) is 31.5 Å². The summed E-state index contributed by atoms with van der Waals surface area (Å²) in [7, 11) is -3.89. The summed E-state index contributed by atoms with van der Waals surface area (Å²) < 4.78 is 31.4. The molecule has 8 nitrogen and oxygen atoms in total. The van der Waals surface area contributed by atoms with E-state index in [1.807, 2.05) is 4.90 Å². The van der Waals surface area contributed by atoms with Crippen LogP contribution >= 0.6 is 0 Å². The summed E-state index contributed by atoms with van der Waals surface area (Å²) in [6.07, 6.45) is 2.89. The van der Waals surface area contributed by atoms with E-state index in [1.165, 1.54) is 4.31 Å². The number of carboxylic acid groups (broad SMARTS) is 1. The molecule has 0 bridgehead atoms. The predicted octanol–water partition coefficient (Wildman–Crippen LogP) is 1.78. The van der Waals surface area contributed by atoms with Crippen LogP contribution in [0.5, 0.6) is 0 Å². The standard InChI is InChI=1S/C17H24N2O6S/c1-17(2)8-3-9-19(17)15(20)12-6-10-18(11-7-12)26(23,24)14-5-4-13(25-14)16(21)22/h4-5,12H,3,6-11H2,1-2H3,(H,21,22). The number of likely N-dealkylation sites (tertiary alicyclic amines) is 1. The van der Waals surface area contributed by atoms with Crippen LogP contribution in [0, 0.1) is 5.92 Å². The summed E-state index contributed by atoms with van der Waals surface area (Å²) in [5, 5.41) is 8.50. The molecule has 1 amide bonds. The van der Waals surface area contributed by atoms with Gasteiger partial charge in [0.25, 0.3) is 10.0 Å². The van der Waals surface area contributed by atoms with E-state index in [-0.39, 0.29) is 35.5 Å². The van der Waals surface area contributed by atoms with Crippen molar-refractivity contribution in [1.29, 1.82) is 0 Å². The Morgan fingerprint density at radius 3 is 2.35 bits per heavy atom. The molecule has 144 valence electrons. The van der Waals surface area contributed by atoms with Crippen molar-refractivity contribution in [2.45, 2.75) is 50.2 Å². The van der Waals surface area contributed by atoms with Crippen molar-refractivity contribution in [3.8, 4) is 0 Å². The Kier molecular flexibility index (Phi) is 4.87. The van der Waals surface area contributed by atoms with Gasteiger partial charge in [-0.05, 0) is 51.7 Å². The van der Waals surface area contributed by atoms with Gasteiger partial charge in [-0.15, -0.1) is 0 Å². The van der Waals surface area contributed by atoms with E-state index in [9.17, 15) is 18.0 Å². The molecule has 0 spiro atoms. The van der Waals surface area contributed by atoms with Gasteiger partial charge in [0.05, 0.1) is 0 Å². The highest BCUT2D eigenvalue weighted by molar-refractivity contribution is 7.89. The monoisotopic (exact) mass is 384 g/mol. The Hall–Kier alpha value is -1.87. The number of sulfonamides is 1. The van der Waals surface area contributed by atoms with Gasteiger partial charge in [0.1, 0.15) is 0 Å². The van der Waals surface area contributed by atoms with E-state index in [1.54, 1.807) is 0 Å². The molecule has 26 heavy (non-hydrogen) atoms. The van der Waals surface area contributed by atoms with Crippen LogP contribution < -0.4 is 0 Å². The van der Waals surface area contributed by atoms with Gasteiger partial charge in [-0.2, -0.15) is 4.31 Å². The Morgan fingerprint density at radius 2 is 1.85 bits per heavy atom. The van der Waals surface area contributed by atoms with E-state index < -0.39 is 21.8 Å². The smallest absolute Gasteiger partial charge is 0.371 e.